The minimum Gasteiger partial charge on any atom is -0.502 e. The van der Waals surface area contributed by atoms with Crippen molar-refractivity contribution in [1.82, 2.24) is 9.88 Å². The summed E-state index contributed by atoms with van der Waals surface area (Å²) in [7, 11) is 0. The van der Waals surface area contributed by atoms with Crippen LogP contribution in [-0.2, 0) is 12.7 Å². The van der Waals surface area contributed by atoms with E-state index in [2.05, 4.69) is 5.32 Å². The van der Waals surface area contributed by atoms with Crippen molar-refractivity contribution < 1.29 is 27.8 Å². The fourth-order valence-corrected chi connectivity index (χ4v) is 3.71. The van der Waals surface area contributed by atoms with Gasteiger partial charge in [0.25, 0.3) is 11.5 Å². The number of nitrogens with zero attached hydrogens (tertiary/aromatic N) is 1. The van der Waals surface area contributed by atoms with Crippen LogP contribution in [0.25, 0.3) is 10.9 Å². The number of halogens is 3. The lowest BCUT2D eigenvalue weighted by atomic mass is 10.1. The molecule has 0 saturated heterocycles. The number of benzene rings is 2. The van der Waals surface area contributed by atoms with E-state index in [1.165, 1.54) is 22.8 Å². The normalized spacial score (nSPS) is 12.7. The van der Waals surface area contributed by atoms with Crippen LogP contribution in [0.4, 0.5) is 13.2 Å². The third kappa shape index (κ3) is 5.52. The van der Waals surface area contributed by atoms with Gasteiger partial charge >= 0.3 is 6.18 Å². The lowest BCUT2D eigenvalue weighted by Gasteiger charge is -2.19. The Balaban J connectivity index is 1.76. The lowest BCUT2D eigenvalue weighted by Crippen LogP contribution is -2.35. The van der Waals surface area contributed by atoms with Gasteiger partial charge in [0.2, 0.25) is 0 Å². The van der Waals surface area contributed by atoms with Gasteiger partial charge in [-0.2, -0.15) is 13.2 Å². The zero-order valence-electron chi connectivity index (χ0n) is 19.1. The van der Waals surface area contributed by atoms with E-state index in [-0.39, 0.29) is 30.3 Å². The first-order valence-electron chi connectivity index (χ1n) is 10.9. The van der Waals surface area contributed by atoms with Crippen molar-refractivity contribution in [2.75, 3.05) is 6.61 Å². The van der Waals surface area contributed by atoms with E-state index in [0.29, 0.717) is 17.4 Å². The molecule has 0 bridgehead atoms. The van der Waals surface area contributed by atoms with E-state index in [0.717, 1.165) is 6.07 Å². The van der Waals surface area contributed by atoms with E-state index in [9.17, 15) is 27.9 Å². The number of nitrogens with one attached hydrogen (secondary N) is 1. The number of aromatic nitrogens is 1. The number of para-hydroxylation sites is 2. The molecule has 0 fully saturated rings. The predicted molar refractivity (Wildman–Crippen MR) is 123 cm³/mol. The summed E-state index contributed by atoms with van der Waals surface area (Å²) in [5.74, 6) is -1.43. The fourth-order valence-electron chi connectivity index (χ4n) is 3.71. The highest BCUT2D eigenvalue weighted by Crippen LogP contribution is 2.36. The molecule has 6 nitrogen and oxygen atoms in total. The van der Waals surface area contributed by atoms with Gasteiger partial charge in [-0.05, 0) is 31.0 Å². The minimum atomic E-state index is -4.54. The van der Waals surface area contributed by atoms with Gasteiger partial charge in [0, 0.05) is 24.4 Å². The Hall–Kier alpha value is -3.49. The Morgan fingerprint density at radius 3 is 2.41 bits per heavy atom. The molecule has 2 aromatic carbocycles. The highest BCUT2D eigenvalue weighted by atomic mass is 19.4. The van der Waals surface area contributed by atoms with Gasteiger partial charge in [0.15, 0.2) is 5.75 Å². The second-order valence-electron chi connectivity index (χ2n) is 8.56. The van der Waals surface area contributed by atoms with Crippen LogP contribution >= 0.6 is 0 Å². The summed E-state index contributed by atoms with van der Waals surface area (Å²) >= 11 is 0. The summed E-state index contributed by atoms with van der Waals surface area (Å²) < 4.78 is 46.1. The third-order valence-electron chi connectivity index (χ3n) is 5.30. The number of fused-ring (bicyclic) bond motifs is 1. The number of alkyl halides is 3. The Morgan fingerprint density at radius 2 is 1.74 bits per heavy atom. The van der Waals surface area contributed by atoms with Gasteiger partial charge in [0.05, 0.1) is 23.3 Å². The molecule has 1 amide bonds. The number of ether oxygens (including phenoxy) is 1. The molecule has 0 aliphatic carbocycles. The Morgan fingerprint density at radius 1 is 1.09 bits per heavy atom. The largest absolute Gasteiger partial charge is 0.502 e. The number of hydrogen-bond acceptors (Lipinski definition) is 4. The Bertz CT molecular complexity index is 1240. The van der Waals surface area contributed by atoms with E-state index in [1.807, 2.05) is 13.8 Å². The number of rotatable bonds is 8. The molecule has 0 aliphatic rings. The van der Waals surface area contributed by atoms with Crippen molar-refractivity contribution in [3.63, 3.8) is 0 Å². The Labute approximate surface area is 195 Å². The highest BCUT2D eigenvalue weighted by Gasteiger charge is 2.34. The van der Waals surface area contributed by atoms with Crippen LogP contribution in [0, 0.1) is 5.92 Å². The van der Waals surface area contributed by atoms with Gasteiger partial charge < -0.3 is 19.7 Å². The number of aromatic hydroxyl groups is 1. The van der Waals surface area contributed by atoms with Crippen molar-refractivity contribution >= 4 is 16.8 Å². The molecule has 1 atom stereocenters. The molecule has 3 aromatic rings. The monoisotopic (exact) mass is 476 g/mol. The van der Waals surface area contributed by atoms with E-state index in [1.54, 1.807) is 31.2 Å². The lowest BCUT2D eigenvalue weighted by molar-refractivity contribution is -0.138. The van der Waals surface area contributed by atoms with Crippen LogP contribution in [0.1, 0.15) is 43.1 Å². The minimum absolute atomic E-state index is 0.0722. The number of hydrogen-bond donors (Lipinski definition) is 2. The molecule has 0 aliphatic heterocycles. The maximum atomic E-state index is 13.1. The maximum Gasteiger partial charge on any atom is 0.419 e. The van der Waals surface area contributed by atoms with Gasteiger partial charge in [-0.3, -0.25) is 9.59 Å². The fraction of sp³-hybridized carbons (Fsp3) is 0.360. The highest BCUT2D eigenvalue weighted by molar-refractivity contribution is 6.08. The number of pyridine rings is 1. The SMILES string of the molecule is CC(C)Cn1c(=O)c(O)c(C(=O)N[C@H](C)CCOc2ccccc2C(F)(F)F)c2ccccc21. The van der Waals surface area contributed by atoms with Crippen LogP contribution < -0.4 is 15.6 Å². The van der Waals surface area contributed by atoms with Gasteiger partial charge in [-0.15, -0.1) is 0 Å². The van der Waals surface area contributed by atoms with Gasteiger partial charge in [0.1, 0.15) is 5.75 Å². The third-order valence-corrected chi connectivity index (χ3v) is 5.30. The van der Waals surface area contributed by atoms with Crippen LogP contribution in [0.2, 0.25) is 0 Å². The molecule has 182 valence electrons. The van der Waals surface area contributed by atoms with Crippen molar-refractivity contribution in [2.45, 2.75) is 46.0 Å². The first-order chi connectivity index (χ1) is 16.0. The molecule has 0 radical (unpaired) electrons. The van der Waals surface area contributed by atoms with Crippen LogP contribution in [-0.4, -0.2) is 28.2 Å². The average Bonchev–Trinajstić information content (AvgIpc) is 2.76. The van der Waals surface area contributed by atoms with E-state index >= 15 is 0 Å². The molecule has 1 aromatic heterocycles. The number of amides is 1. The summed E-state index contributed by atoms with van der Waals surface area (Å²) in [5, 5.41) is 13.7. The second kappa shape index (κ2) is 10.2. The summed E-state index contributed by atoms with van der Waals surface area (Å²) in [6, 6.07) is 11.2. The topological polar surface area (TPSA) is 80.6 Å². The second-order valence-corrected chi connectivity index (χ2v) is 8.56. The smallest absolute Gasteiger partial charge is 0.419 e. The summed E-state index contributed by atoms with van der Waals surface area (Å²) in [5.41, 5.74) is -1.12. The molecule has 1 heterocycles. The molecule has 0 spiro atoms. The molecule has 0 unspecified atom stereocenters. The number of carbonyl (C=O) groups is 1. The van der Waals surface area contributed by atoms with Crippen molar-refractivity contribution in [3.8, 4) is 11.5 Å². The van der Waals surface area contributed by atoms with Gasteiger partial charge in [-0.1, -0.05) is 44.2 Å². The summed E-state index contributed by atoms with van der Waals surface area (Å²) in [4.78, 5) is 25.8. The summed E-state index contributed by atoms with van der Waals surface area (Å²) in [6.07, 6.45) is -4.33. The van der Waals surface area contributed by atoms with E-state index in [4.69, 9.17) is 4.74 Å². The summed E-state index contributed by atoms with van der Waals surface area (Å²) in [6.45, 7) is 5.85. The number of carbonyl (C=O) groups excluding carboxylic acids is 1. The van der Waals surface area contributed by atoms with Crippen molar-refractivity contribution in [3.05, 3.63) is 70.0 Å². The molecule has 9 heteroatoms. The van der Waals surface area contributed by atoms with Crippen molar-refractivity contribution in [1.29, 1.82) is 0 Å². The van der Waals surface area contributed by atoms with Crippen LogP contribution in [0.15, 0.2) is 53.3 Å². The first-order valence-corrected chi connectivity index (χ1v) is 10.9. The Kier molecular flexibility index (Phi) is 7.54. The predicted octanol–water partition coefficient (Wildman–Crippen LogP) is 4.97. The van der Waals surface area contributed by atoms with Crippen LogP contribution in [0.5, 0.6) is 11.5 Å². The van der Waals surface area contributed by atoms with Crippen LogP contribution in [0.3, 0.4) is 0 Å². The quantitative estimate of drug-likeness (QED) is 0.481. The average molecular weight is 476 g/mol. The molecular formula is C25H27F3N2O4. The molecule has 3 rings (SSSR count). The molecule has 2 N–H and O–H groups in total. The molecule has 0 saturated carbocycles. The standard InChI is InChI=1S/C25H27F3N2O4/c1-15(2)14-30-19-10-6-4-8-17(19)21(22(31)24(30)33)23(32)29-16(3)12-13-34-20-11-7-5-9-18(20)25(26,27)28/h4-11,15-16,31H,12-14H2,1-3H3,(H,29,32)/t16-/m1/s1. The van der Waals surface area contributed by atoms with Crippen molar-refractivity contribution in [2.24, 2.45) is 5.92 Å². The van der Waals surface area contributed by atoms with Gasteiger partial charge in [-0.25, -0.2) is 0 Å². The van der Waals surface area contributed by atoms with E-state index < -0.39 is 35.0 Å². The molecule has 34 heavy (non-hydrogen) atoms. The first kappa shape index (κ1) is 25.1. The zero-order valence-corrected chi connectivity index (χ0v) is 19.1. The molecular weight excluding hydrogens is 449 g/mol. The zero-order chi connectivity index (χ0) is 25.0. The maximum absolute atomic E-state index is 13.1.